The van der Waals surface area contributed by atoms with E-state index in [4.69, 9.17) is 9.47 Å². The number of hydrogen-bond acceptors (Lipinski definition) is 5. The Morgan fingerprint density at radius 1 is 0.714 bits per heavy atom. The van der Waals surface area contributed by atoms with Gasteiger partial charge in [-0.25, -0.2) is 0 Å². The Balaban J connectivity index is 2.13. The molecule has 1 heterocycles. The number of ether oxygens (including phenoxy) is 2. The molecule has 0 radical (unpaired) electrons. The predicted molar refractivity (Wildman–Crippen MR) is 178 cm³/mol. The zero-order valence-electron chi connectivity index (χ0n) is 28.6. The van der Waals surface area contributed by atoms with E-state index >= 15 is 0 Å². The standard InChI is InChI=1S/C37H71NO4/c1-5-7-9-11-14-18-25-36(26-19-15-12-10-8-6-2)42-37(40)27-20-16-13-17-23-29-41-32-35-30-33(3)31-38(35)28-22-21-24-34(4)39/h33,35-36H,5-32H2,1-4H3/t33?,35-/m0/s1. The minimum Gasteiger partial charge on any atom is -0.462 e. The second-order valence-corrected chi connectivity index (χ2v) is 13.5. The summed E-state index contributed by atoms with van der Waals surface area (Å²) in [6.45, 7) is 12.5. The van der Waals surface area contributed by atoms with E-state index in [1.807, 2.05) is 0 Å². The summed E-state index contributed by atoms with van der Waals surface area (Å²) in [5.41, 5.74) is 0. The van der Waals surface area contributed by atoms with Gasteiger partial charge in [0.2, 0.25) is 0 Å². The van der Waals surface area contributed by atoms with E-state index in [0.717, 1.165) is 77.2 Å². The fourth-order valence-corrected chi connectivity index (χ4v) is 6.41. The molecule has 1 fully saturated rings. The Labute approximate surface area is 261 Å². The summed E-state index contributed by atoms with van der Waals surface area (Å²) < 4.78 is 12.1. The quantitative estimate of drug-likeness (QED) is 0.0612. The number of rotatable bonds is 30. The normalized spacial score (nSPS) is 17.4. The van der Waals surface area contributed by atoms with Crippen molar-refractivity contribution in [3.8, 4) is 0 Å². The number of ketones is 1. The molecule has 0 saturated carbocycles. The van der Waals surface area contributed by atoms with Crippen molar-refractivity contribution in [2.45, 2.75) is 194 Å². The molecule has 5 nitrogen and oxygen atoms in total. The van der Waals surface area contributed by atoms with Crippen LogP contribution in [0.2, 0.25) is 0 Å². The molecule has 0 spiro atoms. The molecule has 0 aromatic heterocycles. The number of carbonyl (C=O) groups is 2. The van der Waals surface area contributed by atoms with Crippen LogP contribution in [0, 0.1) is 5.92 Å². The number of hydrogen-bond donors (Lipinski definition) is 0. The summed E-state index contributed by atoms with van der Waals surface area (Å²) in [5.74, 6) is 1.06. The highest BCUT2D eigenvalue weighted by Gasteiger charge is 2.29. The molecular formula is C37H71NO4. The molecule has 1 saturated heterocycles. The second-order valence-electron chi connectivity index (χ2n) is 13.5. The Morgan fingerprint density at radius 3 is 1.88 bits per heavy atom. The zero-order chi connectivity index (χ0) is 30.7. The lowest BCUT2D eigenvalue weighted by Gasteiger charge is -2.24. The lowest BCUT2D eigenvalue weighted by molar-refractivity contribution is -0.150. The van der Waals surface area contributed by atoms with Crippen molar-refractivity contribution >= 4 is 11.8 Å². The van der Waals surface area contributed by atoms with Gasteiger partial charge in [0.25, 0.3) is 0 Å². The van der Waals surface area contributed by atoms with E-state index in [-0.39, 0.29) is 12.1 Å². The molecule has 248 valence electrons. The SMILES string of the molecule is CCCCCCCCC(CCCCCCCC)OC(=O)CCCCCCCOC[C@@H]1CC(C)CN1CCCCC(C)=O. The van der Waals surface area contributed by atoms with E-state index in [1.165, 1.54) is 96.3 Å². The maximum absolute atomic E-state index is 12.6. The third-order valence-electron chi connectivity index (χ3n) is 9.00. The highest BCUT2D eigenvalue weighted by Crippen LogP contribution is 2.24. The van der Waals surface area contributed by atoms with Crippen LogP contribution in [0.5, 0.6) is 0 Å². The minimum absolute atomic E-state index is 0.0249. The summed E-state index contributed by atoms with van der Waals surface area (Å²) in [5, 5.41) is 0. The Hall–Kier alpha value is -0.940. The van der Waals surface area contributed by atoms with Crippen LogP contribution in [-0.2, 0) is 19.1 Å². The van der Waals surface area contributed by atoms with E-state index < -0.39 is 0 Å². The van der Waals surface area contributed by atoms with Crippen LogP contribution in [0.3, 0.4) is 0 Å². The van der Waals surface area contributed by atoms with Crippen molar-refractivity contribution in [1.29, 1.82) is 0 Å². The van der Waals surface area contributed by atoms with Gasteiger partial charge in [-0.15, -0.1) is 0 Å². The van der Waals surface area contributed by atoms with Crippen LogP contribution in [0.1, 0.15) is 182 Å². The summed E-state index contributed by atoms with van der Waals surface area (Å²) in [7, 11) is 0. The van der Waals surface area contributed by atoms with Gasteiger partial charge in [0.05, 0.1) is 6.61 Å². The van der Waals surface area contributed by atoms with Gasteiger partial charge in [-0.05, 0) is 77.2 Å². The number of Topliss-reactive ketones (excluding diaryl/α,β-unsaturated/α-hetero) is 1. The first-order valence-corrected chi connectivity index (χ1v) is 18.5. The predicted octanol–water partition coefficient (Wildman–Crippen LogP) is 10.2. The van der Waals surface area contributed by atoms with Gasteiger partial charge >= 0.3 is 5.97 Å². The molecule has 0 amide bonds. The van der Waals surface area contributed by atoms with Crippen LogP contribution in [0.15, 0.2) is 0 Å². The monoisotopic (exact) mass is 594 g/mol. The van der Waals surface area contributed by atoms with Gasteiger partial charge < -0.3 is 14.3 Å². The molecule has 0 N–H and O–H groups in total. The van der Waals surface area contributed by atoms with Gasteiger partial charge in [0, 0.05) is 32.0 Å². The lowest BCUT2D eigenvalue weighted by atomic mass is 10.0. The van der Waals surface area contributed by atoms with E-state index in [9.17, 15) is 9.59 Å². The molecule has 0 aromatic carbocycles. The molecule has 1 rings (SSSR count). The second kappa shape index (κ2) is 27.6. The van der Waals surface area contributed by atoms with Crippen molar-refractivity contribution < 1.29 is 19.1 Å². The van der Waals surface area contributed by atoms with Crippen molar-refractivity contribution in [3.63, 3.8) is 0 Å². The summed E-state index contributed by atoms with van der Waals surface area (Å²) in [6.07, 6.45) is 27.8. The Morgan fingerprint density at radius 2 is 1.26 bits per heavy atom. The Bertz CT molecular complexity index is 623. The number of unbranched alkanes of at least 4 members (excludes halogenated alkanes) is 15. The first-order chi connectivity index (χ1) is 20.5. The van der Waals surface area contributed by atoms with Gasteiger partial charge in [0.15, 0.2) is 0 Å². The van der Waals surface area contributed by atoms with Crippen LogP contribution >= 0.6 is 0 Å². The van der Waals surface area contributed by atoms with Crippen molar-refractivity contribution in [1.82, 2.24) is 4.90 Å². The topological polar surface area (TPSA) is 55.8 Å². The third kappa shape index (κ3) is 22.6. The van der Waals surface area contributed by atoms with Crippen LogP contribution in [0.25, 0.3) is 0 Å². The number of esters is 1. The molecule has 0 aliphatic carbocycles. The first-order valence-electron chi connectivity index (χ1n) is 18.5. The zero-order valence-corrected chi connectivity index (χ0v) is 28.6. The lowest BCUT2D eigenvalue weighted by Crippen LogP contribution is -2.34. The largest absolute Gasteiger partial charge is 0.462 e. The molecule has 1 unspecified atom stereocenters. The minimum atomic E-state index is 0.0249. The average molecular weight is 594 g/mol. The fourth-order valence-electron chi connectivity index (χ4n) is 6.41. The molecule has 1 aliphatic heterocycles. The molecule has 2 atom stereocenters. The van der Waals surface area contributed by atoms with E-state index in [2.05, 4.69) is 25.7 Å². The molecule has 0 aromatic rings. The number of carbonyl (C=O) groups excluding carboxylic acids is 2. The molecule has 1 aliphatic rings. The number of likely N-dealkylation sites (tertiary alicyclic amines) is 1. The first kappa shape index (κ1) is 39.1. The summed E-state index contributed by atoms with van der Waals surface area (Å²) in [4.78, 5) is 26.4. The van der Waals surface area contributed by atoms with Gasteiger partial charge in [-0.2, -0.15) is 0 Å². The molecular weight excluding hydrogens is 522 g/mol. The van der Waals surface area contributed by atoms with Crippen molar-refractivity contribution in [2.24, 2.45) is 5.92 Å². The highest BCUT2D eigenvalue weighted by molar-refractivity contribution is 5.75. The average Bonchev–Trinajstić information content (AvgIpc) is 3.32. The number of nitrogens with zero attached hydrogens (tertiary/aromatic N) is 1. The molecule has 0 bridgehead atoms. The summed E-state index contributed by atoms with van der Waals surface area (Å²) >= 11 is 0. The van der Waals surface area contributed by atoms with Crippen molar-refractivity contribution in [3.05, 3.63) is 0 Å². The third-order valence-corrected chi connectivity index (χ3v) is 9.00. The smallest absolute Gasteiger partial charge is 0.306 e. The van der Waals surface area contributed by atoms with Gasteiger partial charge in [-0.3, -0.25) is 9.69 Å². The molecule has 5 heteroatoms. The van der Waals surface area contributed by atoms with Crippen LogP contribution in [0.4, 0.5) is 0 Å². The van der Waals surface area contributed by atoms with E-state index in [1.54, 1.807) is 6.92 Å². The Kier molecular flexibility index (Phi) is 25.7. The van der Waals surface area contributed by atoms with Crippen LogP contribution < -0.4 is 0 Å². The maximum Gasteiger partial charge on any atom is 0.306 e. The van der Waals surface area contributed by atoms with E-state index in [0.29, 0.717) is 24.7 Å². The fraction of sp³-hybridized carbons (Fsp3) is 0.946. The van der Waals surface area contributed by atoms with Crippen LogP contribution in [-0.4, -0.2) is 55.1 Å². The summed E-state index contributed by atoms with van der Waals surface area (Å²) in [6, 6.07) is 0.536. The highest BCUT2D eigenvalue weighted by atomic mass is 16.5. The van der Waals surface area contributed by atoms with Gasteiger partial charge in [-0.1, -0.05) is 104 Å². The molecule has 42 heavy (non-hydrogen) atoms. The maximum atomic E-state index is 12.6. The van der Waals surface area contributed by atoms with Crippen molar-refractivity contribution in [2.75, 3.05) is 26.3 Å². The van der Waals surface area contributed by atoms with Gasteiger partial charge in [0.1, 0.15) is 11.9 Å².